The number of rotatable bonds is 6. The van der Waals surface area contributed by atoms with Gasteiger partial charge in [-0.05, 0) is 25.2 Å². The van der Waals surface area contributed by atoms with Crippen LogP contribution in [0.5, 0.6) is 0 Å². The van der Waals surface area contributed by atoms with Crippen LogP contribution in [-0.2, 0) is 10.0 Å². The first-order valence-corrected chi connectivity index (χ1v) is 9.23. The van der Waals surface area contributed by atoms with Gasteiger partial charge in [0.05, 0.1) is 23.8 Å². The first-order valence-electron chi connectivity index (χ1n) is 7.57. The van der Waals surface area contributed by atoms with Crippen molar-refractivity contribution in [3.8, 4) is 0 Å². The normalized spacial score (nSPS) is 17.0. The van der Waals surface area contributed by atoms with Crippen molar-refractivity contribution in [2.75, 3.05) is 28.5 Å². The standard InChI is InChI=1S/C14H24N4O2S/c1-3-4-9-21(19,20)17-13-10-15-14(16-11-13)18-7-5-12(2)6-8-18/h10-12,17H,3-9H2,1-2H3. The second kappa shape index (κ2) is 7.06. The molecule has 0 spiro atoms. The van der Waals surface area contributed by atoms with Gasteiger partial charge in [-0.15, -0.1) is 0 Å². The smallest absolute Gasteiger partial charge is 0.232 e. The quantitative estimate of drug-likeness (QED) is 0.872. The first-order chi connectivity index (χ1) is 10.00. The zero-order valence-corrected chi connectivity index (χ0v) is 13.6. The van der Waals surface area contributed by atoms with Crippen LogP contribution in [0.3, 0.4) is 0 Å². The predicted octanol–water partition coefficient (Wildman–Crippen LogP) is 2.25. The molecule has 1 aliphatic rings. The third-order valence-corrected chi connectivity index (χ3v) is 5.12. The molecule has 0 aromatic carbocycles. The van der Waals surface area contributed by atoms with Gasteiger partial charge in [-0.25, -0.2) is 18.4 Å². The highest BCUT2D eigenvalue weighted by Gasteiger charge is 2.18. The lowest BCUT2D eigenvalue weighted by molar-refractivity contribution is 0.434. The van der Waals surface area contributed by atoms with Gasteiger partial charge >= 0.3 is 0 Å². The minimum Gasteiger partial charge on any atom is -0.341 e. The molecule has 0 bridgehead atoms. The van der Waals surface area contributed by atoms with Crippen LogP contribution in [0.15, 0.2) is 12.4 Å². The summed E-state index contributed by atoms with van der Waals surface area (Å²) in [7, 11) is -3.29. The van der Waals surface area contributed by atoms with E-state index in [1.165, 1.54) is 0 Å². The maximum Gasteiger partial charge on any atom is 0.232 e. The summed E-state index contributed by atoms with van der Waals surface area (Å²) in [6.45, 7) is 6.14. The Hall–Kier alpha value is -1.37. The van der Waals surface area contributed by atoms with E-state index in [2.05, 4.69) is 26.5 Å². The van der Waals surface area contributed by atoms with E-state index >= 15 is 0 Å². The molecule has 0 atom stereocenters. The fourth-order valence-corrected chi connectivity index (χ4v) is 3.55. The molecule has 1 aromatic heterocycles. The van der Waals surface area contributed by atoms with E-state index in [4.69, 9.17) is 0 Å². The second-order valence-electron chi connectivity index (χ2n) is 5.72. The van der Waals surface area contributed by atoms with Gasteiger partial charge in [0.25, 0.3) is 0 Å². The molecule has 6 nitrogen and oxygen atoms in total. The lowest BCUT2D eigenvalue weighted by Gasteiger charge is -2.30. The van der Waals surface area contributed by atoms with Crippen molar-refractivity contribution in [1.82, 2.24) is 9.97 Å². The summed E-state index contributed by atoms with van der Waals surface area (Å²) in [5.74, 6) is 1.57. The van der Waals surface area contributed by atoms with Crippen molar-refractivity contribution in [3.05, 3.63) is 12.4 Å². The maximum absolute atomic E-state index is 11.8. The fraction of sp³-hybridized carbons (Fsp3) is 0.714. The summed E-state index contributed by atoms with van der Waals surface area (Å²) < 4.78 is 26.1. The van der Waals surface area contributed by atoms with Gasteiger partial charge in [-0.2, -0.15) is 0 Å². The highest BCUT2D eigenvalue weighted by molar-refractivity contribution is 7.92. The number of unbranched alkanes of at least 4 members (excludes halogenated alkanes) is 1. The largest absolute Gasteiger partial charge is 0.341 e. The average Bonchev–Trinajstić information content (AvgIpc) is 2.47. The van der Waals surface area contributed by atoms with Crippen molar-refractivity contribution < 1.29 is 8.42 Å². The molecule has 1 N–H and O–H groups in total. The van der Waals surface area contributed by atoms with Crippen molar-refractivity contribution in [3.63, 3.8) is 0 Å². The van der Waals surface area contributed by atoms with E-state index in [9.17, 15) is 8.42 Å². The van der Waals surface area contributed by atoms with Gasteiger partial charge in [0.1, 0.15) is 0 Å². The van der Waals surface area contributed by atoms with Crippen LogP contribution in [0.25, 0.3) is 0 Å². The summed E-state index contributed by atoms with van der Waals surface area (Å²) in [4.78, 5) is 10.7. The van der Waals surface area contributed by atoms with Crippen LogP contribution in [0.2, 0.25) is 0 Å². The van der Waals surface area contributed by atoms with E-state index in [0.29, 0.717) is 18.1 Å². The Balaban J connectivity index is 1.96. The average molecular weight is 312 g/mol. The van der Waals surface area contributed by atoms with Crippen LogP contribution in [0.1, 0.15) is 39.5 Å². The molecule has 0 unspecified atom stereocenters. The zero-order valence-electron chi connectivity index (χ0n) is 12.7. The molecule has 7 heteroatoms. The molecule has 1 aromatic rings. The first kappa shape index (κ1) is 16.0. The number of anilines is 2. The molecule has 0 amide bonds. The third kappa shape index (κ3) is 4.84. The molecular weight excluding hydrogens is 288 g/mol. The van der Waals surface area contributed by atoms with E-state index in [1.54, 1.807) is 12.4 Å². The van der Waals surface area contributed by atoms with E-state index in [0.717, 1.165) is 38.3 Å². The summed E-state index contributed by atoms with van der Waals surface area (Å²) in [5.41, 5.74) is 0.431. The summed E-state index contributed by atoms with van der Waals surface area (Å²) in [5, 5.41) is 0. The summed E-state index contributed by atoms with van der Waals surface area (Å²) in [6, 6.07) is 0. The van der Waals surface area contributed by atoms with Crippen molar-refractivity contribution in [1.29, 1.82) is 0 Å². The number of nitrogens with one attached hydrogen (secondary N) is 1. The Bertz CT molecular complexity index is 537. The lowest BCUT2D eigenvalue weighted by atomic mass is 10.00. The molecule has 0 saturated carbocycles. The number of hydrogen-bond donors (Lipinski definition) is 1. The van der Waals surface area contributed by atoms with Crippen LogP contribution < -0.4 is 9.62 Å². The van der Waals surface area contributed by atoms with Gasteiger partial charge in [-0.3, -0.25) is 4.72 Å². The minimum absolute atomic E-state index is 0.134. The number of aromatic nitrogens is 2. The number of hydrogen-bond acceptors (Lipinski definition) is 5. The zero-order chi connectivity index (χ0) is 15.3. The molecule has 0 radical (unpaired) electrons. The Kier molecular flexibility index (Phi) is 5.39. The molecule has 1 fully saturated rings. The Morgan fingerprint density at radius 1 is 1.29 bits per heavy atom. The summed E-state index contributed by atoms with van der Waals surface area (Å²) in [6.07, 6.45) is 6.89. The fourth-order valence-electron chi connectivity index (χ4n) is 2.31. The second-order valence-corrected chi connectivity index (χ2v) is 7.56. The van der Waals surface area contributed by atoms with Crippen molar-refractivity contribution in [2.24, 2.45) is 5.92 Å². The van der Waals surface area contributed by atoms with Gasteiger partial charge in [0.15, 0.2) is 0 Å². The van der Waals surface area contributed by atoms with E-state index in [-0.39, 0.29) is 5.75 Å². The molecule has 1 saturated heterocycles. The van der Waals surface area contributed by atoms with Crippen LogP contribution >= 0.6 is 0 Å². The highest BCUT2D eigenvalue weighted by Crippen LogP contribution is 2.20. The van der Waals surface area contributed by atoms with Gasteiger partial charge < -0.3 is 4.90 Å². The minimum atomic E-state index is -3.29. The van der Waals surface area contributed by atoms with Crippen LogP contribution in [0.4, 0.5) is 11.6 Å². The number of nitrogens with zero attached hydrogens (tertiary/aromatic N) is 3. The molecule has 1 aliphatic heterocycles. The number of sulfonamides is 1. The number of piperidine rings is 1. The maximum atomic E-state index is 11.8. The topological polar surface area (TPSA) is 75.2 Å². The van der Waals surface area contributed by atoms with Gasteiger partial charge in [0, 0.05) is 13.1 Å². The molecule has 118 valence electrons. The van der Waals surface area contributed by atoms with Crippen LogP contribution in [0, 0.1) is 5.92 Å². The van der Waals surface area contributed by atoms with Gasteiger partial charge in [0.2, 0.25) is 16.0 Å². The molecule has 2 heterocycles. The molecule has 21 heavy (non-hydrogen) atoms. The molecular formula is C14H24N4O2S. The molecule has 0 aliphatic carbocycles. The molecule has 2 rings (SSSR count). The van der Waals surface area contributed by atoms with Crippen molar-refractivity contribution >= 4 is 21.7 Å². The predicted molar refractivity (Wildman–Crippen MR) is 85.0 cm³/mol. The highest BCUT2D eigenvalue weighted by atomic mass is 32.2. The van der Waals surface area contributed by atoms with E-state index < -0.39 is 10.0 Å². The van der Waals surface area contributed by atoms with Crippen molar-refractivity contribution in [2.45, 2.75) is 39.5 Å². The monoisotopic (exact) mass is 312 g/mol. The summed E-state index contributed by atoms with van der Waals surface area (Å²) >= 11 is 0. The Labute approximate surface area is 127 Å². The lowest BCUT2D eigenvalue weighted by Crippen LogP contribution is -2.34. The third-order valence-electron chi connectivity index (χ3n) is 3.74. The Morgan fingerprint density at radius 3 is 2.48 bits per heavy atom. The SMILES string of the molecule is CCCCS(=O)(=O)Nc1cnc(N2CCC(C)CC2)nc1. The van der Waals surface area contributed by atoms with E-state index in [1.807, 2.05) is 6.92 Å². The van der Waals surface area contributed by atoms with Gasteiger partial charge in [-0.1, -0.05) is 20.3 Å². The Morgan fingerprint density at radius 2 is 1.90 bits per heavy atom. The van der Waals surface area contributed by atoms with Crippen LogP contribution in [-0.4, -0.2) is 37.2 Å².